The van der Waals surface area contributed by atoms with Gasteiger partial charge in [-0.2, -0.15) is 0 Å². The van der Waals surface area contributed by atoms with Crippen LogP contribution >= 0.6 is 0 Å². The second kappa shape index (κ2) is 9.01. The quantitative estimate of drug-likeness (QED) is 0.830. The minimum absolute atomic E-state index is 0.241. The van der Waals surface area contributed by atoms with Crippen LogP contribution in [0.15, 0.2) is 29.7 Å². The van der Waals surface area contributed by atoms with E-state index in [4.69, 9.17) is 0 Å². The van der Waals surface area contributed by atoms with Crippen molar-refractivity contribution in [2.45, 2.75) is 46.6 Å². The molecule has 1 atom stereocenters. The standard InChI is InChI=1S/C15H16N2O3.C4H10/c1-3-5-11-10(4-2)8-9-17(15(11)20)12-6-7-13(18)16-14(12)19;1-4(2)3/h3-5,8-9,12H,1,6-7H2,2H3,(H,16,18,19);4H,1-3H3/b10-4-,11-5+;. The number of nitrogens with zero attached hydrogens (tertiary/aromatic N) is 1. The van der Waals surface area contributed by atoms with E-state index in [0.29, 0.717) is 11.6 Å². The highest BCUT2D eigenvalue weighted by atomic mass is 16.2. The molecular weight excluding hydrogens is 304 g/mol. The van der Waals surface area contributed by atoms with E-state index in [1.54, 1.807) is 24.4 Å². The van der Waals surface area contributed by atoms with Crippen molar-refractivity contribution in [3.05, 3.63) is 45.7 Å². The first-order chi connectivity index (χ1) is 11.3. The largest absolute Gasteiger partial charge is 0.302 e. The molecule has 1 aliphatic rings. The zero-order valence-electron chi connectivity index (χ0n) is 14.8. The summed E-state index contributed by atoms with van der Waals surface area (Å²) < 4.78 is 1.38. The summed E-state index contributed by atoms with van der Waals surface area (Å²) in [5.74, 6) is 0.108. The molecular formula is C19H26N2O3. The topological polar surface area (TPSA) is 68.2 Å². The lowest BCUT2D eigenvalue weighted by Gasteiger charge is -2.22. The van der Waals surface area contributed by atoms with Gasteiger partial charge in [-0.05, 0) is 36.6 Å². The summed E-state index contributed by atoms with van der Waals surface area (Å²) in [6.07, 6.45) is 7.17. The van der Waals surface area contributed by atoms with E-state index in [1.165, 1.54) is 4.57 Å². The number of piperidine rings is 1. The fourth-order valence-corrected chi connectivity index (χ4v) is 2.31. The number of aromatic nitrogens is 1. The monoisotopic (exact) mass is 330 g/mol. The van der Waals surface area contributed by atoms with Gasteiger partial charge in [-0.25, -0.2) is 0 Å². The molecule has 0 spiro atoms. The first-order valence-corrected chi connectivity index (χ1v) is 8.15. The number of pyridine rings is 1. The van der Waals surface area contributed by atoms with Crippen molar-refractivity contribution in [3.8, 4) is 0 Å². The number of carbonyl (C=O) groups is 2. The molecule has 1 aromatic heterocycles. The summed E-state index contributed by atoms with van der Waals surface area (Å²) in [4.78, 5) is 35.5. The second-order valence-electron chi connectivity index (χ2n) is 6.29. The van der Waals surface area contributed by atoms with Gasteiger partial charge < -0.3 is 4.57 Å². The van der Waals surface area contributed by atoms with E-state index in [2.05, 4.69) is 32.7 Å². The van der Waals surface area contributed by atoms with Crippen molar-refractivity contribution in [2.24, 2.45) is 5.92 Å². The highest BCUT2D eigenvalue weighted by molar-refractivity contribution is 5.99. The minimum atomic E-state index is -0.636. The summed E-state index contributed by atoms with van der Waals surface area (Å²) in [5, 5.41) is 3.54. The van der Waals surface area contributed by atoms with Crippen LogP contribution in [0.5, 0.6) is 0 Å². The van der Waals surface area contributed by atoms with Gasteiger partial charge in [-0.15, -0.1) is 0 Å². The van der Waals surface area contributed by atoms with Crippen LogP contribution in [-0.2, 0) is 9.59 Å². The predicted octanol–water partition coefficient (Wildman–Crippen LogP) is 1.26. The molecule has 130 valence electrons. The Kier molecular flexibility index (Phi) is 7.36. The molecule has 1 fully saturated rings. The molecule has 0 bridgehead atoms. The van der Waals surface area contributed by atoms with Gasteiger partial charge in [0.1, 0.15) is 6.04 Å². The van der Waals surface area contributed by atoms with Crippen LogP contribution in [-0.4, -0.2) is 16.4 Å². The van der Waals surface area contributed by atoms with Crippen LogP contribution in [0.1, 0.15) is 46.6 Å². The molecule has 1 N–H and O–H groups in total. The highest BCUT2D eigenvalue weighted by Gasteiger charge is 2.28. The van der Waals surface area contributed by atoms with Gasteiger partial charge >= 0.3 is 0 Å². The zero-order chi connectivity index (χ0) is 18.3. The Morgan fingerprint density at radius 3 is 2.42 bits per heavy atom. The van der Waals surface area contributed by atoms with Gasteiger partial charge in [-0.3, -0.25) is 19.7 Å². The molecule has 1 unspecified atom stereocenters. The van der Waals surface area contributed by atoms with Gasteiger partial charge in [0.2, 0.25) is 11.8 Å². The normalized spacial score (nSPS) is 19.0. The summed E-state index contributed by atoms with van der Waals surface area (Å²) >= 11 is 0. The van der Waals surface area contributed by atoms with E-state index in [1.807, 2.05) is 13.0 Å². The maximum Gasteiger partial charge on any atom is 0.259 e. The Hall–Kier alpha value is -2.43. The van der Waals surface area contributed by atoms with Gasteiger partial charge in [0.05, 0.1) is 0 Å². The molecule has 1 aromatic rings. The van der Waals surface area contributed by atoms with Crippen molar-refractivity contribution >= 4 is 24.0 Å². The zero-order valence-corrected chi connectivity index (χ0v) is 14.8. The highest BCUT2D eigenvalue weighted by Crippen LogP contribution is 2.15. The van der Waals surface area contributed by atoms with Crippen LogP contribution in [0, 0.1) is 5.92 Å². The summed E-state index contributed by atoms with van der Waals surface area (Å²) in [7, 11) is 0. The Labute approximate surface area is 142 Å². The molecule has 5 nitrogen and oxygen atoms in total. The Balaban J connectivity index is 0.000000648. The molecule has 2 heterocycles. The fourth-order valence-electron chi connectivity index (χ4n) is 2.31. The van der Waals surface area contributed by atoms with Crippen molar-refractivity contribution in [1.29, 1.82) is 0 Å². The SMILES string of the molecule is C=C/C=c1/c(=O)n(C2CCC(=O)NC2=O)cc/c1=C/C.CC(C)C. The van der Waals surface area contributed by atoms with E-state index in [0.717, 1.165) is 11.1 Å². The van der Waals surface area contributed by atoms with Gasteiger partial charge in [0, 0.05) is 17.8 Å². The van der Waals surface area contributed by atoms with Crippen molar-refractivity contribution in [1.82, 2.24) is 9.88 Å². The summed E-state index contributed by atoms with van der Waals surface area (Å²) in [6.45, 7) is 11.9. The number of carbonyl (C=O) groups excluding carboxylic acids is 2. The van der Waals surface area contributed by atoms with Crippen molar-refractivity contribution in [3.63, 3.8) is 0 Å². The molecule has 0 aliphatic carbocycles. The van der Waals surface area contributed by atoms with Crippen molar-refractivity contribution in [2.75, 3.05) is 0 Å². The fraction of sp³-hybridized carbons (Fsp3) is 0.421. The molecule has 5 heteroatoms. The molecule has 1 saturated heterocycles. The smallest absolute Gasteiger partial charge is 0.259 e. The van der Waals surface area contributed by atoms with Crippen LogP contribution in [0.3, 0.4) is 0 Å². The molecule has 0 saturated carbocycles. The Morgan fingerprint density at radius 2 is 1.92 bits per heavy atom. The van der Waals surface area contributed by atoms with Crippen LogP contribution in [0.25, 0.3) is 12.2 Å². The van der Waals surface area contributed by atoms with Gasteiger partial charge in [0.15, 0.2) is 0 Å². The summed E-state index contributed by atoms with van der Waals surface area (Å²) in [6, 6.07) is 1.14. The molecule has 24 heavy (non-hydrogen) atoms. The number of amides is 2. The summed E-state index contributed by atoms with van der Waals surface area (Å²) in [5.41, 5.74) is -0.255. The minimum Gasteiger partial charge on any atom is -0.302 e. The first kappa shape index (κ1) is 19.6. The average Bonchev–Trinajstić information content (AvgIpc) is 2.49. The second-order valence-corrected chi connectivity index (χ2v) is 6.29. The maximum absolute atomic E-state index is 12.5. The molecule has 1 aliphatic heterocycles. The number of hydrogen-bond acceptors (Lipinski definition) is 3. The Morgan fingerprint density at radius 1 is 1.29 bits per heavy atom. The van der Waals surface area contributed by atoms with Crippen molar-refractivity contribution < 1.29 is 9.59 Å². The predicted molar refractivity (Wildman–Crippen MR) is 96.7 cm³/mol. The molecule has 0 aromatic carbocycles. The average molecular weight is 330 g/mol. The van der Waals surface area contributed by atoms with Crippen LogP contribution < -0.4 is 21.3 Å². The van der Waals surface area contributed by atoms with E-state index in [9.17, 15) is 14.4 Å². The number of allylic oxidation sites excluding steroid dienone is 1. The van der Waals surface area contributed by atoms with E-state index >= 15 is 0 Å². The third kappa shape index (κ3) is 5.05. The lowest BCUT2D eigenvalue weighted by Crippen LogP contribution is -2.50. The van der Waals surface area contributed by atoms with Crippen LogP contribution in [0.2, 0.25) is 0 Å². The lowest BCUT2D eigenvalue weighted by atomic mass is 10.1. The molecule has 2 amide bonds. The molecule has 0 radical (unpaired) electrons. The Bertz CT molecular complexity index is 785. The van der Waals surface area contributed by atoms with Gasteiger partial charge in [-0.1, -0.05) is 39.5 Å². The van der Waals surface area contributed by atoms with E-state index in [-0.39, 0.29) is 17.9 Å². The third-order valence-electron chi connectivity index (χ3n) is 3.33. The van der Waals surface area contributed by atoms with E-state index < -0.39 is 11.9 Å². The molecule has 2 rings (SSSR count). The van der Waals surface area contributed by atoms with Crippen LogP contribution in [0.4, 0.5) is 0 Å². The number of imide groups is 1. The maximum atomic E-state index is 12.5. The van der Waals surface area contributed by atoms with Gasteiger partial charge in [0.25, 0.3) is 5.56 Å². The lowest BCUT2D eigenvalue weighted by molar-refractivity contribution is -0.135. The number of hydrogen-bond donors (Lipinski definition) is 1. The first-order valence-electron chi connectivity index (χ1n) is 8.15. The third-order valence-corrected chi connectivity index (χ3v) is 3.33. The number of nitrogens with one attached hydrogen (secondary N) is 1. The number of rotatable bonds is 2.